The third-order valence-electron chi connectivity index (χ3n) is 7.41. The number of ether oxygens (including phenoxy) is 2. The highest BCUT2D eigenvalue weighted by Gasteiger charge is 2.27. The van der Waals surface area contributed by atoms with Crippen LogP contribution >= 0.6 is 0 Å². The Balaban J connectivity index is 1.49. The van der Waals surface area contributed by atoms with Crippen LogP contribution in [0.5, 0.6) is 11.5 Å². The summed E-state index contributed by atoms with van der Waals surface area (Å²) in [4.78, 5) is 6.00. The van der Waals surface area contributed by atoms with Crippen molar-refractivity contribution in [3.63, 3.8) is 0 Å². The van der Waals surface area contributed by atoms with Crippen molar-refractivity contribution in [3.05, 3.63) is 70.8 Å². The monoisotopic (exact) mass is 481 g/mol. The van der Waals surface area contributed by atoms with E-state index in [-0.39, 0.29) is 0 Å². The molecule has 0 saturated carbocycles. The van der Waals surface area contributed by atoms with Gasteiger partial charge < -0.3 is 23.9 Å². The van der Waals surface area contributed by atoms with E-state index >= 15 is 0 Å². The van der Waals surface area contributed by atoms with Crippen LogP contribution in [-0.4, -0.2) is 40.0 Å². The quantitative estimate of drug-likeness (QED) is 0.344. The first-order valence-electron chi connectivity index (χ1n) is 12.5. The molecule has 0 radical (unpaired) electrons. The largest absolute Gasteiger partial charge is 0.494 e. The Labute approximate surface area is 210 Å². The molecular formula is C29H31N5O2. The first-order chi connectivity index (χ1) is 17.5. The molecule has 1 N–H and O–H groups in total. The number of fused-ring (bicyclic) bond motifs is 4. The van der Waals surface area contributed by atoms with Gasteiger partial charge in [0.2, 0.25) is 0 Å². The van der Waals surface area contributed by atoms with Crippen LogP contribution in [0.15, 0.2) is 42.5 Å². The second-order valence-electron chi connectivity index (χ2n) is 9.43. The standard InChI is InChI=1S/C29H31N5O2/c1-6-36-20-11-12-25(26(15-20)35-5)34-18(3)27-17(2)31-32-29(28(27)19(34)4)33-14-13-22-21-9-7-8-10-23(21)30-24(22)16-33/h7-12,15,30H,6,13-14,16H2,1-5H3. The third-order valence-corrected chi connectivity index (χ3v) is 7.41. The molecule has 0 unspecified atom stereocenters. The topological polar surface area (TPSA) is 68.2 Å². The van der Waals surface area contributed by atoms with E-state index in [2.05, 4.69) is 63.7 Å². The van der Waals surface area contributed by atoms with Gasteiger partial charge in [-0.1, -0.05) is 18.2 Å². The predicted octanol–water partition coefficient (Wildman–Crippen LogP) is 5.80. The van der Waals surface area contributed by atoms with Gasteiger partial charge in [-0.25, -0.2) is 0 Å². The van der Waals surface area contributed by atoms with E-state index in [0.717, 1.165) is 70.4 Å². The van der Waals surface area contributed by atoms with Crippen LogP contribution < -0.4 is 14.4 Å². The fraction of sp³-hybridized carbons (Fsp3) is 0.310. The summed E-state index contributed by atoms with van der Waals surface area (Å²) < 4.78 is 13.8. The van der Waals surface area contributed by atoms with Gasteiger partial charge in [0.25, 0.3) is 0 Å². The number of anilines is 1. The number of aryl methyl sites for hydroxylation is 3. The minimum atomic E-state index is 0.613. The van der Waals surface area contributed by atoms with E-state index in [4.69, 9.17) is 14.6 Å². The minimum absolute atomic E-state index is 0.613. The van der Waals surface area contributed by atoms with Crippen molar-refractivity contribution in [2.75, 3.05) is 25.2 Å². The van der Waals surface area contributed by atoms with Gasteiger partial charge in [-0.3, -0.25) is 0 Å². The molecule has 1 aliphatic heterocycles. The van der Waals surface area contributed by atoms with E-state index in [9.17, 15) is 0 Å². The molecule has 0 bridgehead atoms. The van der Waals surface area contributed by atoms with Crippen LogP contribution in [0, 0.1) is 20.8 Å². The minimum Gasteiger partial charge on any atom is -0.494 e. The smallest absolute Gasteiger partial charge is 0.161 e. The van der Waals surface area contributed by atoms with Crippen LogP contribution in [-0.2, 0) is 13.0 Å². The fourth-order valence-electron chi connectivity index (χ4n) is 5.83. The number of nitrogens with zero attached hydrogens (tertiary/aromatic N) is 4. The van der Waals surface area contributed by atoms with Crippen LogP contribution in [0.25, 0.3) is 27.4 Å². The van der Waals surface area contributed by atoms with E-state index in [0.29, 0.717) is 6.61 Å². The highest BCUT2D eigenvalue weighted by molar-refractivity contribution is 5.99. The number of H-pyrrole nitrogens is 1. The maximum atomic E-state index is 5.79. The lowest BCUT2D eigenvalue weighted by Crippen LogP contribution is -2.31. The highest BCUT2D eigenvalue weighted by atomic mass is 16.5. The molecule has 5 aromatic rings. The number of para-hydroxylation sites is 1. The van der Waals surface area contributed by atoms with Gasteiger partial charge >= 0.3 is 0 Å². The van der Waals surface area contributed by atoms with Gasteiger partial charge in [0.1, 0.15) is 11.5 Å². The predicted molar refractivity (Wildman–Crippen MR) is 144 cm³/mol. The van der Waals surface area contributed by atoms with E-state index < -0.39 is 0 Å². The summed E-state index contributed by atoms with van der Waals surface area (Å²) in [5.74, 6) is 2.50. The van der Waals surface area contributed by atoms with Gasteiger partial charge in [-0.2, -0.15) is 5.10 Å². The second kappa shape index (κ2) is 8.59. The molecule has 0 saturated heterocycles. The van der Waals surface area contributed by atoms with Gasteiger partial charge in [-0.15, -0.1) is 5.10 Å². The maximum Gasteiger partial charge on any atom is 0.161 e. The summed E-state index contributed by atoms with van der Waals surface area (Å²) in [6, 6.07) is 14.6. The summed E-state index contributed by atoms with van der Waals surface area (Å²) in [5, 5.41) is 13.0. The number of methoxy groups -OCH3 is 1. The zero-order valence-electron chi connectivity index (χ0n) is 21.5. The third kappa shape index (κ3) is 3.33. The van der Waals surface area contributed by atoms with Crippen molar-refractivity contribution in [1.29, 1.82) is 0 Å². The molecule has 1 aliphatic rings. The summed E-state index contributed by atoms with van der Waals surface area (Å²) >= 11 is 0. The Hall–Kier alpha value is -4.00. The maximum absolute atomic E-state index is 5.79. The summed E-state index contributed by atoms with van der Waals surface area (Å²) in [6.45, 7) is 10.6. The molecule has 3 aromatic heterocycles. The molecular weight excluding hydrogens is 450 g/mol. The zero-order valence-corrected chi connectivity index (χ0v) is 21.5. The molecule has 2 aromatic carbocycles. The van der Waals surface area contributed by atoms with Crippen LogP contribution in [0.3, 0.4) is 0 Å². The van der Waals surface area contributed by atoms with Crippen molar-refractivity contribution >= 4 is 27.5 Å². The van der Waals surface area contributed by atoms with Crippen molar-refractivity contribution in [2.45, 2.75) is 40.7 Å². The molecule has 4 heterocycles. The lowest BCUT2D eigenvalue weighted by molar-refractivity contribution is 0.336. The second-order valence-corrected chi connectivity index (χ2v) is 9.43. The SMILES string of the molecule is CCOc1ccc(-n2c(C)c3c(C)nnc(N4CCc5c([nH]c6ccccc56)C4)c3c2C)c(OC)c1. The van der Waals surface area contributed by atoms with Crippen LogP contribution in [0.4, 0.5) is 5.82 Å². The molecule has 184 valence electrons. The first kappa shape index (κ1) is 22.5. The first-order valence-corrected chi connectivity index (χ1v) is 12.5. The Morgan fingerprint density at radius 3 is 2.61 bits per heavy atom. The summed E-state index contributed by atoms with van der Waals surface area (Å²) in [6.07, 6.45) is 0.974. The van der Waals surface area contributed by atoms with Crippen molar-refractivity contribution in [2.24, 2.45) is 0 Å². The van der Waals surface area contributed by atoms with Crippen molar-refractivity contribution in [3.8, 4) is 17.2 Å². The number of rotatable bonds is 5. The fourth-order valence-corrected chi connectivity index (χ4v) is 5.83. The van der Waals surface area contributed by atoms with Gasteiger partial charge in [-0.05, 0) is 57.9 Å². The van der Waals surface area contributed by atoms with Crippen molar-refractivity contribution < 1.29 is 9.47 Å². The Bertz CT molecular complexity index is 1610. The van der Waals surface area contributed by atoms with Gasteiger partial charge in [0.05, 0.1) is 31.6 Å². The molecule has 7 heteroatoms. The average Bonchev–Trinajstić information content (AvgIpc) is 3.39. The molecule has 7 nitrogen and oxygen atoms in total. The normalized spacial score (nSPS) is 13.4. The number of benzene rings is 2. The molecule has 0 amide bonds. The molecule has 0 fully saturated rings. The van der Waals surface area contributed by atoms with Gasteiger partial charge in [0, 0.05) is 51.4 Å². The van der Waals surface area contributed by atoms with E-state index in [1.54, 1.807) is 7.11 Å². The average molecular weight is 482 g/mol. The zero-order chi connectivity index (χ0) is 25.0. The lowest BCUT2D eigenvalue weighted by atomic mass is 10.0. The molecule has 0 atom stereocenters. The van der Waals surface area contributed by atoms with E-state index in [1.807, 2.05) is 26.0 Å². The molecule has 36 heavy (non-hydrogen) atoms. The number of hydrogen-bond donors (Lipinski definition) is 1. The number of nitrogens with one attached hydrogen (secondary N) is 1. The Morgan fingerprint density at radius 1 is 1.00 bits per heavy atom. The molecule has 6 rings (SSSR count). The van der Waals surface area contributed by atoms with E-state index in [1.165, 1.54) is 22.2 Å². The summed E-state index contributed by atoms with van der Waals surface area (Å²) in [5.41, 5.74) is 8.05. The number of aromatic nitrogens is 4. The van der Waals surface area contributed by atoms with Crippen LogP contribution in [0.2, 0.25) is 0 Å². The Kier molecular flexibility index (Phi) is 5.36. The molecule has 0 spiro atoms. The number of hydrogen-bond acceptors (Lipinski definition) is 5. The number of aromatic amines is 1. The van der Waals surface area contributed by atoms with Crippen LogP contribution in [0.1, 0.15) is 35.3 Å². The van der Waals surface area contributed by atoms with Gasteiger partial charge in [0.15, 0.2) is 5.82 Å². The Morgan fingerprint density at radius 2 is 1.81 bits per heavy atom. The lowest BCUT2D eigenvalue weighted by Gasteiger charge is -2.28. The van der Waals surface area contributed by atoms with Crippen molar-refractivity contribution in [1.82, 2.24) is 19.7 Å². The summed E-state index contributed by atoms with van der Waals surface area (Å²) in [7, 11) is 1.70. The molecule has 0 aliphatic carbocycles. The highest BCUT2D eigenvalue weighted by Crippen LogP contribution is 2.40.